The third kappa shape index (κ3) is 4.73. The highest BCUT2D eigenvalue weighted by molar-refractivity contribution is 5.77. The van der Waals surface area contributed by atoms with E-state index in [0.717, 1.165) is 61.4 Å². The summed E-state index contributed by atoms with van der Waals surface area (Å²) >= 11 is 0. The molecule has 0 aromatic carbocycles. The van der Waals surface area contributed by atoms with Crippen LogP contribution in [0.15, 0.2) is 16.8 Å². The van der Waals surface area contributed by atoms with E-state index in [0.29, 0.717) is 24.0 Å². The molecule has 0 radical (unpaired) electrons. The van der Waals surface area contributed by atoms with E-state index in [2.05, 4.69) is 22.0 Å². The molecule has 4 rings (SSSR count). The molecule has 1 amide bonds. The zero-order valence-corrected chi connectivity index (χ0v) is 18.4. The minimum absolute atomic E-state index is 0.00569. The van der Waals surface area contributed by atoms with Crippen LogP contribution in [0.25, 0.3) is 11.3 Å². The number of carbonyl (C=O) groups is 1. The van der Waals surface area contributed by atoms with Crippen molar-refractivity contribution in [1.82, 2.24) is 20.0 Å². The second kappa shape index (κ2) is 9.71. The SMILES string of the molecule is CCCc1ncc(-c2cc(C)no2)c(C2CCCCN2C(=O)CC2CCCCC2)n1. The van der Waals surface area contributed by atoms with Gasteiger partial charge in [0.2, 0.25) is 5.91 Å². The molecule has 1 saturated carbocycles. The molecule has 2 aromatic heterocycles. The molecule has 1 unspecified atom stereocenters. The number of carbonyl (C=O) groups excluding carboxylic acids is 1. The van der Waals surface area contributed by atoms with Crippen LogP contribution in [0.1, 0.15) is 94.4 Å². The van der Waals surface area contributed by atoms with Gasteiger partial charge >= 0.3 is 0 Å². The van der Waals surface area contributed by atoms with Crippen LogP contribution in [0.5, 0.6) is 0 Å². The number of aryl methyl sites for hydroxylation is 2. The van der Waals surface area contributed by atoms with Crippen LogP contribution in [-0.2, 0) is 11.2 Å². The molecule has 2 aromatic rings. The Morgan fingerprint density at radius 1 is 1.17 bits per heavy atom. The Labute approximate surface area is 179 Å². The maximum absolute atomic E-state index is 13.4. The molecule has 6 heteroatoms. The number of likely N-dealkylation sites (tertiary alicyclic amines) is 1. The lowest BCUT2D eigenvalue weighted by atomic mass is 9.86. The van der Waals surface area contributed by atoms with Crippen LogP contribution in [0.2, 0.25) is 0 Å². The van der Waals surface area contributed by atoms with Crippen molar-refractivity contribution in [3.05, 3.63) is 29.5 Å². The second-order valence-corrected chi connectivity index (χ2v) is 8.97. The van der Waals surface area contributed by atoms with E-state index in [4.69, 9.17) is 9.51 Å². The zero-order valence-electron chi connectivity index (χ0n) is 18.4. The Bertz CT molecular complexity index is 857. The van der Waals surface area contributed by atoms with E-state index >= 15 is 0 Å². The topological polar surface area (TPSA) is 72.1 Å². The molecular formula is C24H34N4O2. The number of aromatic nitrogens is 3. The predicted molar refractivity (Wildman–Crippen MR) is 116 cm³/mol. The third-order valence-corrected chi connectivity index (χ3v) is 6.56. The molecule has 6 nitrogen and oxygen atoms in total. The van der Waals surface area contributed by atoms with E-state index in [9.17, 15) is 4.79 Å². The summed E-state index contributed by atoms with van der Waals surface area (Å²) in [6.07, 6.45) is 13.7. The molecule has 0 spiro atoms. The van der Waals surface area contributed by atoms with Gasteiger partial charge in [0, 0.05) is 31.6 Å². The van der Waals surface area contributed by atoms with Gasteiger partial charge < -0.3 is 9.42 Å². The van der Waals surface area contributed by atoms with Gasteiger partial charge in [-0.25, -0.2) is 9.97 Å². The lowest BCUT2D eigenvalue weighted by molar-refractivity contribution is -0.136. The van der Waals surface area contributed by atoms with E-state index in [1.807, 2.05) is 19.2 Å². The number of hydrogen-bond acceptors (Lipinski definition) is 5. The first kappa shape index (κ1) is 21.0. The smallest absolute Gasteiger partial charge is 0.223 e. The Morgan fingerprint density at radius 2 is 1.97 bits per heavy atom. The minimum atomic E-state index is -0.00569. The number of hydrogen-bond donors (Lipinski definition) is 0. The minimum Gasteiger partial charge on any atom is -0.356 e. The van der Waals surface area contributed by atoms with E-state index in [1.54, 1.807) is 0 Å². The largest absolute Gasteiger partial charge is 0.356 e. The summed E-state index contributed by atoms with van der Waals surface area (Å²) in [6.45, 7) is 4.87. The molecule has 1 aliphatic heterocycles. The van der Waals surface area contributed by atoms with Crippen LogP contribution < -0.4 is 0 Å². The molecule has 1 atom stereocenters. The molecule has 30 heavy (non-hydrogen) atoms. The van der Waals surface area contributed by atoms with Gasteiger partial charge in [0.05, 0.1) is 23.0 Å². The highest BCUT2D eigenvalue weighted by atomic mass is 16.5. The average molecular weight is 411 g/mol. The number of rotatable bonds is 6. The summed E-state index contributed by atoms with van der Waals surface area (Å²) in [7, 11) is 0. The second-order valence-electron chi connectivity index (χ2n) is 8.97. The van der Waals surface area contributed by atoms with Gasteiger partial charge in [0.1, 0.15) is 5.82 Å². The summed E-state index contributed by atoms with van der Waals surface area (Å²) in [6, 6.07) is 1.92. The number of amides is 1. The number of piperidine rings is 1. The molecule has 0 N–H and O–H groups in total. The zero-order chi connectivity index (χ0) is 20.9. The van der Waals surface area contributed by atoms with Crippen molar-refractivity contribution in [3.8, 4) is 11.3 Å². The van der Waals surface area contributed by atoms with Gasteiger partial charge in [-0.15, -0.1) is 0 Å². The highest BCUT2D eigenvalue weighted by Gasteiger charge is 2.33. The molecule has 1 aliphatic carbocycles. The molecular weight excluding hydrogens is 376 g/mol. The molecule has 0 bridgehead atoms. The Balaban J connectivity index is 1.64. The fourth-order valence-electron chi connectivity index (χ4n) is 4.98. The van der Waals surface area contributed by atoms with Crippen molar-refractivity contribution in [2.24, 2.45) is 5.92 Å². The van der Waals surface area contributed by atoms with Crippen molar-refractivity contribution in [2.45, 2.75) is 90.5 Å². The normalized spacial score (nSPS) is 20.5. The Hall–Kier alpha value is -2.24. The molecule has 2 aliphatic rings. The molecule has 1 saturated heterocycles. The van der Waals surface area contributed by atoms with Gasteiger partial charge in [0.15, 0.2) is 5.76 Å². The predicted octanol–water partition coefficient (Wildman–Crippen LogP) is 5.42. The molecule has 2 fully saturated rings. The third-order valence-electron chi connectivity index (χ3n) is 6.56. The van der Waals surface area contributed by atoms with Gasteiger partial charge in [0.25, 0.3) is 0 Å². The highest BCUT2D eigenvalue weighted by Crippen LogP contribution is 2.37. The summed E-state index contributed by atoms with van der Waals surface area (Å²) in [5.74, 6) is 2.38. The summed E-state index contributed by atoms with van der Waals surface area (Å²) < 4.78 is 5.57. The first-order valence-corrected chi connectivity index (χ1v) is 11.7. The number of nitrogens with zero attached hydrogens (tertiary/aromatic N) is 4. The van der Waals surface area contributed by atoms with Gasteiger partial charge in [-0.05, 0) is 51.4 Å². The quantitative estimate of drug-likeness (QED) is 0.636. The monoisotopic (exact) mass is 410 g/mol. The van der Waals surface area contributed by atoms with Crippen molar-refractivity contribution in [2.75, 3.05) is 6.54 Å². The standard InChI is InChI=1S/C24H34N4O2/c1-3-9-22-25-16-19(21-14-17(2)27-30-21)24(26-22)20-12-7-8-13-28(20)23(29)15-18-10-5-4-6-11-18/h14,16,18,20H,3-13,15H2,1-2H3. The van der Waals surface area contributed by atoms with Gasteiger partial charge in [-0.3, -0.25) is 4.79 Å². The average Bonchev–Trinajstić information content (AvgIpc) is 3.21. The summed E-state index contributed by atoms with van der Waals surface area (Å²) in [4.78, 5) is 25.0. The van der Waals surface area contributed by atoms with Crippen LogP contribution >= 0.6 is 0 Å². The molecule has 3 heterocycles. The lowest BCUT2D eigenvalue weighted by Gasteiger charge is -2.37. The first-order chi connectivity index (χ1) is 14.7. The fraction of sp³-hybridized carbons (Fsp3) is 0.667. The van der Waals surface area contributed by atoms with Crippen LogP contribution in [0.3, 0.4) is 0 Å². The lowest BCUT2D eigenvalue weighted by Crippen LogP contribution is -2.40. The van der Waals surface area contributed by atoms with Crippen molar-refractivity contribution >= 4 is 5.91 Å². The Kier molecular flexibility index (Phi) is 6.80. The van der Waals surface area contributed by atoms with Gasteiger partial charge in [-0.1, -0.05) is 31.3 Å². The molecule has 162 valence electrons. The Morgan fingerprint density at radius 3 is 2.70 bits per heavy atom. The maximum atomic E-state index is 13.4. The van der Waals surface area contributed by atoms with Crippen LogP contribution in [0, 0.1) is 12.8 Å². The van der Waals surface area contributed by atoms with Crippen LogP contribution in [0.4, 0.5) is 0 Å². The van der Waals surface area contributed by atoms with E-state index in [-0.39, 0.29) is 6.04 Å². The van der Waals surface area contributed by atoms with Crippen molar-refractivity contribution in [1.29, 1.82) is 0 Å². The first-order valence-electron chi connectivity index (χ1n) is 11.7. The summed E-state index contributed by atoms with van der Waals surface area (Å²) in [5.41, 5.74) is 2.64. The van der Waals surface area contributed by atoms with Crippen molar-refractivity contribution < 1.29 is 9.32 Å². The van der Waals surface area contributed by atoms with E-state index < -0.39 is 0 Å². The van der Waals surface area contributed by atoms with Crippen molar-refractivity contribution in [3.63, 3.8) is 0 Å². The summed E-state index contributed by atoms with van der Waals surface area (Å²) in [5, 5.41) is 4.06. The van der Waals surface area contributed by atoms with Crippen LogP contribution in [-0.4, -0.2) is 32.5 Å². The van der Waals surface area contributed by atoms with E-state index in [1.165, 1.54) is 32.1 Å². The van der Waals surface area contributed by atoms with Gasteiger partial charge in [-0.2, -0.15) is 0 Å². The fourth-order valence-corrected chi connectivity index (χ4v) is 4.98. The maximum Gasteiger partial charge on any atom is 0.223 e.